The van der Waals surface area contributed by atoms with E-state index in [4.69, 9.17) is 0 Å². The molecule has 1 fully saturated rings. The van der Waals surface area contributed by atoms with Gasteiger partial charge in [-0.2, -0.15) is 0 Å². The SMILES string of the molecule is COC(=O)C(C)CN1CCC(NC(C)=O)C1. The highest BCUT2D eigenvalue weighted by atomic mass is 16.5. The maximum absolute atomic E-state index is 11.2. The number of nitrogens with zero attached hydrogens (tertiary/aromatic N) is 1. The predicted octanol–water partition coefficient (Wildman–Crippen LogP) is 0.00590. The molecule has 0 aliphatic carbocycles. The van der Waals surface area contributed by atoms with Crippen LogP contribution in [0.5, 0.6) is 0 Å². The molecule has 0 saturated carbocycles. The standard InChI is InChI=1S/C11H20N2O3/c1-8(11(15)16-3)6-13-5-4-10(7-13)12-9(2)14/h8,10H,4-7H2,1-3H3,(H,12,14). The number of rotatable bonds is 4. The van der Waals surface area contributed by atoms with Gasteiger partial charge in [-0.25, -0.2) is 0 Å². The Morgan fingerprint density at radius 1 is 1.56 bits per heavy atom. The Hall–Kier alpha value is -1.10. The van der Waals surface area contributed by atoms with Crippen LogP contribution in [0.25, 0.3) is 0 Å². The fourth-order valence-electron chi connectivity index (χ4n) is 2.07. The third-order valence-corrected chi connectivity index (χ3v) is 2.82. The highest BCUT2D eigenvalue weighted by Gasteiger charge is 2.26. The lowest BCUT2D eigenvalue weighted by atomic mass is 10.2. The highest BCUT2D eigenvalue weighted by molar-refractivity contribution is 5.73. The maximum atomic E-state index is 11.2. The third-order valence-electron chi connectivity index (χ3n) is 2.82. The zero-order valence-corrected chi connectivity index (χ0v) is 10.2. The van der Waals surface area contributed by atoms with Crippen molar-refractivity contribution in [2.45, 2.75) is 26.3 Å². The summed E-state index contributed by atoms with van der Waals surface area (Å²) < 4.78 is 4.68. The van der Waals surface area contributed by atoms with Gasteiger partial charge in [0.2, 0.25) is 5.91 Å². The fourth-order valence-corrected chi connectivity index (χ4v) is 2.07. The molecule has 0 bridgehead atoms. The topological polar surface area (TPSA) is 58.6 Å². The second-order valence-corrected chi connectivity index (χ2v) is 4.37. The van der Waals surface area contributed by atoms with Crippen molar-refractivity contribution in [1.82, 2.24) is 10.2 Å². The van der Waals surface area contributed by atoms with Crippen molar-refractivity contribution < 1.29 is 14.3 Å². The molecule has 1 rings (SSSR count). The van der Waals surface area contributed by atoms with Crippen molar-refractivity contribution >= 4 is 11.9 Å². The van der Waals surface area contributed by atoms with Crippen LogP contribution in [0.2, 0.25) is 0 Å². The van der Waals surface area contributed by atoms with Crippen molar-refractivity contribution in [2.24, 2.45) is 5.92 Å². The Bertz CT molecular complexity index is 268. The van der Waals surface area contributed by atoms with Crippen molar-refractivity contribution in [1.29, 1.82) is 0 Å². The molecule has 92 valence electrons. The van der Waals surface area contributed by atoms with E-state index in [0.717, 1.165) is 19.5 Å². The van der Waals surface area contributed by atoms with E-state index in [-0.39, 0.29) is 23.8 Å². The first-order valence-electron chi connectivity index (χ1n) is 5.60. The van der Waals surface area contributed by atoms with Gasteiger partial charge < -0.3 is 15.0 Å². The zero-order chi connectivity index (χ0) is 12.1. The van der Waals surface area contributed by atoms with Gasteiger partial charge in [0, 0.05) is 32.6 Å². The maximum Gasteiger partial charge on any atom is 0.309 e. The lowest BCUT2D eigenvalue weighted by Crippen LogP contribution is -2.37. The molecule has 0 spiro atoms. The number of carbonyl (C=O) groups excluding carboxylic acids is 2. The van der Waals surface area contributed by atoms with E-state index in [1.165, 1.54) is 14.0 Å². The first-order valence-corrected chi connectivity index (χ1v) is 5.60. The number of amides is 1. The minimum absolute atomic E-state index is 0.00728. The summed E-state index contributed by atoms with van der Waals surface area (Å²) in [7, 11) is 1.41. The van der Waals surface area contributed by atoms with Crippen LogP contribution in [0.1, 0.15) is 20.3 Å². The average molecular weight is 228 g/mol. The smallest absolute Gasteiger partial charge is 0.309 e. The summed E-state index contributed by atoms with van der Waals surface area (Å²) in [5.41, 5.74) is 0. The van der Waals surface area contributed by atoms with E-state index >= 15 is 0 Å². The van der Waals surface area contributed by atoms with Gasteiger partial charge in [-0.15, -0.1) is 0 Å². The van der Waals surface area contributed by atoms with Crippen LogP contribution in [-0.4, -0.2) is 49.6 Å². The van der Waals surface area contributed by atoms with Crippen molar-refractivity contribution in [2.75, 3.05) is 26.7 Å². The second-order valence-electron chi connectivity index (χ2n) is 4.37. The van der Waals surface area contributed by atoms with Crippen LogP contribution in [0, 0.1) is 5.92 Å². The summed E-state index contributed by atoms with van der Waals surface area (Å²) in [6.45, 7) is 5.83. The predicted molar refractivity (Wildman–Crippen MR) is 59.8 cm³/mol. The summed E-state index contributed by atoms with van der Waals surface area (Å²) in [6.07, 6.45) is 0.952. The molecule has 1 aliphatic heterocycles. The van der Waals surface area contributed by atoms with Crippen LogP contribution >= 0.6 is 0 Å². The van der Waals surface area contributed by atoms with Gasteiger partial charge in [0.1, 0.15) is 0 Å². The van der Waals surface area contributed by atoms with E-state index in [2.05, 4.69) is 15.0 Å². The van der Waals surface area contributed by atoms with Crippen LogP contribution in [0.3, 0.4) is 0 Å². The van der Waals surface area contributed by atoms with E-state index in [1.807, 2.05) is 6.92 Å². The average Bonchev–Trinajstić information content (AvgIpc) is 2.63. The van der Waals surface area contributed by atoms with E-state index in [0.29, 0.717) is 6.54 Å². The number of hydrogen-bond donors (Lipinski definition) is 1. The second kappa shape index (κ2) is 5.84. The Morgan fingerprint density at radius 3 is 2.81 bits per heavy atom. The molecule has 1 amide bonds. The fraction of sp³-hybridized carbons (Fsp3) is 0.818. The summed E-state index contributed by atoms with van der Waals surface area (Å²) in [5.74, 6) is -0.281. The monoisotopic (exact) mass is 228 g/mol. The minimum Gasteiger partial charge on any atom is -0.469 e. The van der Waals surface area contributed by atoms with Gasteiger partial charge >= 0.3 is 5.97 Å². The van der Waals surface area contributed by atoms with Crippen LogP contribution in [0.15, 0.2) is 0 Å². The minimum atomic E-state index is -0.178. The number of esters is 1. The summed E-state index contributed by atoms with van der Waals surface area (Å²) in [6, 6.07) is 0.224. The van der Waals surface area contributed by atoms with E-state index in [1.54, 1.807) is 0 Å². The van der Waals surface area contributed by atoms with Crippen LogP contribution < -0.4 is 5.32 Å². The van der Waals surface area contributed by atoms with Gasteiger partial charge in [0.05, 0.1) is 13.0 Å². The molecule has 0 aromatic carbocycles. The lowest BCUT2D eigenvalue weighted by molar-refractivity contribution is -0.145. The zero-order valence-electron chi connectivity index (χ0n) is 10.2. The first kappa shape index (κ1) is 13.0. The van der Waals surface area contributed by atoms with Crippen LogP contribution in [0.4, 0.5) is 0 Å². The first-order chi connectivity index (χ1) is 7.52. The van der Waals surface area contributed by atoms with E-state index < -0.39 is 0 Å². The van der Waals surface area contributed by atoms with Crippen LogP contribution in [-0.2, 0) is 14.3 Å². The Balaban J connectivity index is 2.31. The Kier molecular flexibility index (Phi) is 4.73. The molecular formula is C11H20N2O3. The lowest BCUT2D eigenvalue weighted by Gasteiger charge is -2.19. The molecule has 1 aliphatic rings. The Labute approximate surface area is 96.1 Å². The molecule has 2 unspecified atom stereocenters. The molecule has 5 heteroatoms. The number of nitrogens with one attached hydrogen (secondary N) is 1. The molecule has 0 aromatic heterocycles. The molecule has 2 atom stereocenters. The van der Waals surface area contributed by atoms with Gasteiger partial charge in [0.25, 0.3) is 0 Å². The number of ether oxygens (including phenoxy) is 1. The summed E-state index contributed by atoms with van der Waals surface area (Å²) in [5, 5.41) is 2.89. The normalized spacial score (nSPS) is 22.8. The number of hydrogen-bond acceptors (Lipinski definition) is 4. The number of likely N-dealkylation sites (tertiary alicyclic amines) is 1. The number of carbonyl (C=O) groups is 2. The highest BCUT2D eigenvalue weighted by Crippen LogP contribution is 2.12. The molecule has 5 nitrogen and oxygen atoms in total. The van der Waals surface area contributed by atoms with Gasteiger partial charge in [-0.1, -0.05) is 6.92 Å². The van der Waals surface area contributed by atoms with Gasteiger partial charge in [0.15, 0.2) is 0 Å². The molecule has 1 N–H and O–H groups in total. The molecule has 0 aromatic rings. The molecule has 16 heavy (non-hydrogen) atoms. The van der Waals surface area contributed by atoms with Gasteiger partial charge in [-0.05, 0) is 6.42 Å². The van der Waals surface area contributed by atoms with Crippen molar-refractivity contribution in [3.63, 3.8) is 0 Å². The molecule has 1 saturated heterocycles. The third kappa shape index (κ3) is 3.81. The van der Waals surface area contributed by atoms with E-state index in [9.17, 15) is 9.59 Å². The summed E-state index contributed by atoms with van der Waals surface area (Å²) >= 11 is 0. The number of methoxy groups -OCH3 is 1. The molecule has 0 radical (unpaired) electrons. The van der Waals surface area contributed by atoms with Crippen molar-refractivity contribution in [3.05, 3.63) is 0 Å². The largest absolute Gasteiger partial charge is 0.469 e. The summed E-state index contributed by atoms with van der Waals surface area (Å²) in [4.78, 5) is 24.3. The molecular weight excluding hydrogens is 208 g/mol. The molecule has 1 heterocycles. The van der Waals surface area contributed by atoms with Gasteiger partial charge in [-0.3, -0.25) is 9.59 Å². The Morgan fingerprint density at radius 2 is 2.25 bits per heavy atom. The van der Waals surface area contributed by atoms with Crippen molar-refractivity contribution in [3.8, 4) is 0 Å². The quantitative estimate of drug-likeness (QED) is 0.688.